The van der Waals surface area contributed by atoms with Crippen molar-refractivity contribution >= 4 is 34.4 Å². The summed E-state index contributed by atoms with van der Waals surface area (Å²) in [4.78, 5) is 47.6. The molecule has 0 bridgehead atoms. The highest BCUT2D eigenvalue weighted by Gasteiger charge is 2.12. The summed E-state index contributed by atoms with van der Waals surface area (Å²) in [6, 6.07) is 7.69. The van der Waals surface area contributed by atoms with E-state index in [1.54, 1.807) is 35.3 Å². The van der Waals surface area contributed by atoms with Crippen LogP contribution in [0.15, 0.2) is 65.2 Å². The molecule has 0 spiro atoms. The zero-order chi connectivity index (χ0) is 23.2. The number of nitro benzene ring substituents is 1. The van der Waals surface area contributed by atoms with Gasteiger partial charge in [0.15, 0.2) is 10.8 Å². The Hall–Kier alpha value is -4.13. The minimum Gasteiger partial charge on any atom is -0.354 e. The van der Waals surface area contributed by atoms with E-state index in [1.807, 2.05) is 0 Å². The van der Waals surface area contributed by atoms with Crippen LogP contribution in [0.3, 0.4) is 0 Å². The van der Waals surface area contributed by atoms with Crippen molar-refractivity contribution in [2.24, 2.45) is 0 Å². The maximum atomic E-state index is 12.8. The molecule has 0 fully saturated rings. The number of thioether (sulfide) groups is 1. The van der Waals surface area contributed by atoms with Gasteiger partial charge < -0.3 is 5.32 Å². The van der Waals surface area contributed by atoms with Crippen LogP contribution in [0.4, 0.5) is 5.69 Å². The summed E-state index contributed by atoms with van der Waals surface area (Å²) in [5.41, 5.74) is 0.868. The number of benzene rings is 1. The average molecular weight is 466 g/mol. The van der Waals surface area contributed by atoms with Crippen LogP contribution < -0.4 is 10.9 Å². The smallest absolute Gasteiger partial charge is 0.269 e. The van der Waals surface area contributed by atoms with Crippen LogP contribution in [0.1, 0.15) is 5.56 Å². The molecule has 12 nitrogen and oxygen atoms in total. The molecule has 1 aromatic carbocycles. The second-order valence-corrected chi connectivity index (χ2v) is 7.82. The average Bonchev–Trinajstić information content (AvgIpc) is 3.24. The lowest BCUT2D eigenvalue weighted by molar-refractivity contribution is -0.384. The lowest BCUT2D eigenvalue weighted by Crippen LogP contribution is -2.29. The first kappa shape index (κ1) is 22.1. The third-order valence-corrected chi connectivity index (χ3v) is 5.52. The van der Waals surface area contributed by atoms with E-state index in [2.05, 4.69) is 25.4 Å². The first-order valence-electron chi connectivity index (χ1n) is 9.82. The van der Waals surface area contributed by atoms with Crippen LogP contribution >= 0.6 is 11.8 Å². The van der Waals surface area contributed by atoms with Crippen molar-refractivity contribution in [1.82, 2.24) is 34.6 Å². The summed E-state index contributed by atoms with van der Waals surface area (Å²) in [6.45, 7) is 0.893. The molecular weight excluding hydrogens is 448 g/mol. The third-order valence-electron chi connectivity index (χ3n) is 4.64. The van der Waals surface area contributed by atoms with Gasteiger partial charge in [0.25, 0.3) is 11.2 Å². The molecule has 4 aromatic rings. The fraction of sp³-hybridized carbons (Fsp3) is 0.200. The molecule has 0 aliphatic rings. The lowest BCUT2D eigenvalue weighted by Gasteiger charge is -2.07. The number of nitrogens with one attached hydrogen (secondary N) is 1. The monoisotopic (exact) mass is 466 g/mol. The molecule has 0 saturated carbocycles. The van der Waals surface area contributed by atoms with Crippen LogP contribution in [-0.2, 0) is 17.9 Å². The molecular formula is C20H18N8O4S. The molecule has 3 heterocycles. The van der Waals surface area contributed by atoms with Crippen molar-refractivity contribution in [1.29, 1.82) is 0 Å². The highest BCUT2D eigenvalue weighted by Crippen LogP contribution is 2.13. The van der Waals surface area contributed by atoms with Crippen LogP contribution in [0.25, 0.3) is 11.0 Å². The van der Waals surface area contributed by atoms with Gasteiger partial charge in [0, 0.05) is 31.1 Å². The number of carbonyl (C=O) groups excluding carboxylic acids is 1. The van der Waals surface area contributed by atoms with Gasteiger partial charge in [-0.25, -0.2) is 19.6 Å². The minimum atomic E-state index is -0.475. The Bertz CT molecular complexity index is 1340. The number of nitrogens with zero attached hydrogens (tertiary/aromatic N) is 7. The fourth-order valence-electron chi connectivity index (χ4n) is 3.04. The van der Waals surface area contributed by atoms with Crippen molar-refractivity contribution in [2.75, 3.05) is 12.3 Å². The molecule has 3 aromatic heterocycles. The van der Waals surface area contributed by atoms with Crippen LogP contribution in [0.5, 0.6) is 0 Å². The first-order chi connectivity index (χ1) is 16.0. The van der Waals surface area contributed by atoms with Gasteiger partial charge in [-0.1, -0.05) is 23.9 Å². The zero-order valence-electron chi connectivity index (χ0n) is 17.2. The zero-order valence-corrected chi connectivity index (χ0v) is 18.0. The molecule has 0 unspecified atom stereocenters. The summed E-state index contributed by atoms with van der Waals surface area (Å²) in [5, 5.41) is 18.7. The summed E-state index contributed by atoms with van der Waals surface area (Å²) in [6.07, 6.45) is 6.09. The van der Waals surface area contributed by atoms with E-state index in [0.29, 0.717) is 29.3 Å². The fourth-order valence-corrected chi connectivity index (χ4v) is 3.67. The molecule has 4 rings (SSSR count). The molecule has 33 heavy (non-hydrogen) atoms. The molecule has 0 aliphatic carbocycles. The normalized spacial score (nSPS) is 10.9. The Morgan fingerprint density at radius 2 is 1.91 bits per heavy atom. The van der Waals surface area contributed by atoms with E-state index in [9.17, 15) is 19.7 Å². The SMILES string of the molecule is O=C(CSc1ncccn1)NCCn1ncc2c(=O)n(Cc3ccc([N+](=O)[O-])cc3)cnc21. The number of carbonyl (C=O) groups is 1. The Morgan fingerprint density at radius 1 is 1.15 bits per heavy atom. The van der Waals surface area contributed by atoms with Crippen molar-refractivity contribution in [2.45, 2.75) is 18.2 Å². The van der Waals surface area contributed by atoms with Crippen molar-refractivity contribution in [3.8, 4) is 0 Å². The largest absolute Gasteiger partial charge is 0.354 e. The van der Waals surface area contributed by atoms with E-state index in [1.165, 1.54) is 41.0 Å². The Labute approximate surface area is 190 Å². The summed E-state index contributed by atoms with van der Waals surface area (Å²) in [5.74, 6) is 0.0254. The van der Waals surface area contributed by atoms with Crippen molar-refractivity contribution in [3.05, 3.63) is 81.3 Å². The second kappa shape index (κ2) is 9.99. The summed E-state index contributed by atoms with van der Waals surface area (Å²) < 4.78 is 2.97. The lowest BCUT2D eigenvalue weighted by atomic mass is 10.2. The van der Waals surface area contributed by atoms with Gasteiger partial charge in [0.1, 0.15) is 11.7 Å². The molecule has 0 radical (unpaired) electrons. The molecule has 0 atom stereocenters. The van der Waals surface area contributed by atoms with E-state index in [0.717, 1.165) is 5.56 Å². The number of hydrogen-bond donors (Lipinski definition) is 1. The first-order valence-corrected chi connectivity index (χ1v) is 10.8. The van der Waals surface area contributed by atoms with Gasteiger partial charge in [-0.15, -0.1) is 0 Å². The highest BCUT2D eigenvalue weighted by atomic mass is 32.2. The summed E-state index contributed by atoms with van der Waals surface area (Å²) in [7, 11) is 0. The predicted octanol–water partition coefficient (Wildman–Crippen LogP) is 1.25. The minimum absolute atomic E-state index is 0.0139. The van der Waals surface area contributed by atoms with E-state index < -0.39 is 4.92 Å². The molecule has 1 amide bonds. The maximum absolute atomic E-state index is 12.8. The molecule has 1 N–H and O–H groups in total. The van der Waals surface area contributed by atoms with Crippen molar-refractivity contribution < 1.29 is 9.72 Å². The van der Waals surface area contributed by atoms with Crippen LogP contribution in [0, 0.1) is 10.1 Å². The van der Waals surface area contributed by atoms with Crippen molar-refractivity contribution in [3.63, 3.8) is 0 Å². The number of nitro groups is 1. The third kappa shape index (κ3) is 5.38. The van der Waals surface area contributed by atoms with E-state index >= 15 is 0 Å². The van der Waals surface area contributed by atoms with Crippen LogP contribution in [0.2, 0.25) is 0 Å². The standard InChI is InChI=1S/C20H18N8O4S/c29-17(12-33-20-22-6-1-7-23-20)21-8-9-27-18-16(10-25-27)19(30)26(13-24-18)11-14-2-4-15(5-3-14)28(31)32/h1-7,10,13H,8-9,11-12H2,(H,21,29). The van der Waals surface area contributed by atoms with Gasteiger partial charge in [-0.2, -0.15) is 5.10 Å². The number of amides is 1. The highest BCUT2D eigenvalue weighted by molar-refractivity contribution is 7.99. The second-order valence-electron chi connectivity index (χ2n) is 6.88. The number of fused-ring (bicyclic) bond motifs is 1. The van der Waals surface area contributed by atoms with Gasteiger partial charge >= 0.3 is 0 Å². The predicted molar refractivity (Wildman–Crippen MR) is 120 cm³/mol. The topological polar surface area (TPSA) is 151 Å². The van der Waals surface area contributed by atoms with E-state index in [-0.39, 0.29) is 29.5 Å². The van der Waals surface area contributed by atoms with Crippen LogP contribution in [-0.4, -0.2) is 52.4 Å². The van der Waals surface area contributed by atoms with Gasteiger partial charge in [-0.05, 0) is 11.6 Å². The molecule has 0 saturated heterocycles. The number of aromatic nitrogens is 6. The van der Waals surface area contributed by atoms with Gasteiger partial charge in [-0.3, -0.25) is 24.3 Å². The van der Waals surface area contributed by atoms with Gasteiger partial charge in [0.2, 0.25) is 5.91 Å². The Balaban J connectivity index is 1.36. The van der Waals surface area contributed by atoms with Gasteiger partial charge in [0.05, 0.1) is 30.0 Å². The van der Waals surface area contributed by atoms with E-state index in [4.69, 9.17) is 0 Å². The quantitative estimate of drug-likeness (QED) is 0.166. The molecule has 0 aliphatic heterocycles. The number of rotatable bonds is 9. The number of hydrogen-bond acceptors (Lipinski definition) is 9. The Kier molecular flexibility index (Phi) is 6.69. The number of non-ortho nitro benzene ring substituents is 1. The Morgan fingerprint density at radius 3 is 2.64 bits per heavy atom. The maximum Gasteiger partial charge on any atom is 0.269 e. The summed E-state index contributed by atoms with van der Waals surface area (Å²) >= 11 is 1.24. The molecule has 168 valence electrons. The molecule has 13 heteroatoms.